The first-order valence-corrected chi connectivity index (χ1v) is 10.8. The first kappa shape index (κ1) is 19.2. The molecule has 2 fully saturated rings. The van der Waals surface area contributed by atoms with Crippen LogP contribution in [0.25, 0.3) is 0 Å². The van der Waals surface area contributed by atoms with Crippen LogP contribution < -0.4 is 5.32 Å². The number of carbonyl (C=O) groups is 1. The fourth-order valence-electron chi connectivity index (χ4n) is 4.78. The van der Waals surface area contributed by atoms with Gasteiger partial charge in [-0.15, -0.1) is 0 Å². The van der Waals surface area contributed by atoms with Gasteiger partial charge in [-0.1, -0.05) is 24.3 Å². The number of rotatable bonds is 5. The van der Waals surface area contributed by atoms with Crippen LogP contribution in [0.1, 0.15) is 43.2 Å². The van der Waals surface area contributed by atoms with E-state index in [0.717, 1.165) is 45.1 Å². The Morgan fingerprint density at radius 2 is 1.82 bits per heavy atom. The number of likely N-dealkylation sites (tertiary alicyclic amines) is 2. The summed E-state index contributed by atoms with van der Waals surface area (Å²) in [6.45, 7) is 6.98. The molecule has 3 heterocycles. The Morgan fingerprint density at radius 1 is 1.11 bits per heavy atom. The molecule has 4 rings (SSSR count). The Bertz CT molecular complexity index is 688. The predicted molar refractivity (Wildman–Crippen MR) is 112 cm³/mol. The van der Waals surface area contributed by atoms with Gasteiger partial charge in [0.1, 0.15) is 0 Å². The Morgan fingerprint density at radius 3 is 2.50 bits per heavy atom. The minimum absolute atomic E-state index is 0.253. The van der Waals surface area contributed by atoms with Crippen molar-refractivity contribution in [3.63, 3.8) is 0 Å². The number of aliphatic imine (C=N–C) groups is 1. The van der Waals surface area contributed by atoms with Crippen molar-refractivity contribution in [1.29, 1.82) is 0 Å². The maximum absolute atomic E-state index is 12.5. The Balaban J connectivity index is 1.17. The highest BCUT2D eigenvalue weighted by molar-refractivity contribution is 5.80. The summed E-state index contributed by atoms with van der Waals surface area (Å²) in [6, 6.07) is 9.03. The number of hydrogen-bond acceptors (Lipinski definition) is 3. The van der Waals surface area contributed by atoms with Gasteiger partial charge in [-0.25, -0.2) is 0 Å². The van der Waals surface area contributed by atoms with Gasteiger partial charge in [-0.05, 0) is 49.9 Å². The molecule has 0 aromatic heterocycles. The largest absolute Gasteiger partial charge is 0.356 e. The van der Waals surface area contributed by atoms with Crippen LogP contribution in [0.4, 0.5) is 0 Å². The van der Waals surface area contributed by atoms with Crippen LogP contribution in [0.5, 0.6) is 0 Å². The molecule has 152 valence electrons. The third-order valence-electron chi connectivity index (χ3n) is 6.38. The summed E-state index contributed by atoms with van der Waals surface area (Å²) in [5.41, 5.74) is 2.58. The van der Waals surface area contributed by atoms with Crippen molar-refractivity contribution in [2.45, 2.75) is 51.2 Å². The van der Waals surface area contributed by atoms with Gasteiger partial charge < -0.3 is 15.1 Å². The lowest BCUT2D eigenvalue weighted by atomic mass is 10.1. The molecule has 1 aromatic rings. The van der Waals surface area contributed by atoms with E-state index in [-0.39, 0.29) is 5.91 Å². The van der Waals surface area contributed by atoms with E-state index < -0.39 is 0 Å². The third kappa shape index (κ3) is 4.32. The average molecular weight is 384 g/mol. The van der Waals surface area contributed by atoms with Gasteiger partial charge >= 0.3 is 0 Å². The lowest BCUT2D eigenvalue weighted by molar-refractivity contribution is -0.131. The fraction of sp³-hybridized carbons (Fsp3) is 0.636. The summed E-state index contributed by atoms with van der Waals surface area (Å²) in [5.74, 6) is 1.24. The lowest BCUT2D eigenvalue weighted by Crippen LogP contribution is -2.43. The van der Waals surface area contributed by atoms with E-state index in [2.05, 4.69) is 44.4 Å². The predicted octanol–water partition coefficient (Wildman–Crippen LogP) is 2.05. The summed E-state index contributed by atoms with van der Waals surface area (Å²) in [5, 5.41) is 3.47. The van der Waals surface area contributed by atoms with E-state index in [4.69, 9.17) is 0 Å². The van der Waals surface area contributed by atoms with E-state index in [0.29, 0.717) is 12.5 Å². The van der Waals surface area contributed by atoms with Crippen LogP contribution in [0, 0.1) is 0 Å². The zero-order valence-electron chi connectivity index (χ0n) is 17.1. The normalized spacial score (nSPS) is 22.8. The van der Waals surface area contributed by atoms with Gasteiger partial charge in [0.25, 0.3) is 0 Å². The molecule has 0 bridgehead atoms. The molecule has 6 nitrogen and oxygen atoms in total. The monoisotopic (exact) mass is 383 g/mol. The molecule has 1 atom stereocenters. The number of guanidine groups is 1. The van der Waals surface area contributed by atoms with E-state index in [1.807, 2.05) is 11.9 Å². The molecular formula is C22H33N5O. The van der Waals surface area contributed by atoms with Crippen LogP contribution in [-0.2, 0) is 17.9 Å². The van der Waals surface area contributed by atoms with E-state index >= 15 is 0 Å². The summed E-state index contributed by atoms with van der Waals surface area (Å²) in [7, 11) is 1.86. The van der Waals surface area contributed by atoms with Crippen LogP contribution >= 0.6 is 0 Å². The lowest BCUT2D eigenvalue weighted by Gasteiger charge is -2.25. The van der Waals surface area contributed by atoms with E-state index in [9.17, 15) is 4.79 Å². The zero-order valence-corrected chi connectivity index (χ0v) is 17.1. The molecule has 28 heavy (non-hydrogen) atoms. The van der Waals surface area contributed by atoms with Gasteiger partial charge in [0.15, 0.2) is 5.96 Å². The first-order valence-electron chi connectivity index (χ1n) is 10.8. The SMILES string of the molecule is CN=C(NCCCC(=O)N1Cc2ccccc2C1)N1CCC(N2CCCC2)C1. The molecule has 1 aromatic carbocycles. The third-order valence-corrected chi connectivity index (χ3v) is 6.38. The van der Waals surface area contributed by atoms with E-state index in [1.54, 1.807) is 0 Å². The average Bonchev–Trinajstić information content (AvgIpc) is 3.47. The molecule has 0 spiro atoms. The summed E-state index contributed by atoms with van der Waals surface area (Å²) in [4.78, 5) is 24.0. The fourth-order valence-corrected chi connectivity index (χ4v) is 4.78. The highest BCUT2D eigenvalue weighted by Crippen LogP contribution is 2.23. The van der Waals surface area contributed by atoms with Gasteiger partial charge in [-0.3, -0.25) is 14.7 Å². The van der Waals surface area contributed by atoms with Crippen LogP contribution in [0.15, 0.2) is 29.3 Å². The van der Waals surface area contributed by atoms with Crippen molar-refractivity contribution >= 4 is 11.9 Å². The second-order valence-electron chi connectivity index (χ2n) is 8.23. The van der Waals surface area contributed by atoms with E-state index in [1.165, 1.54) is 43.5 Å². The van der Waals surface area contributed by atoms with Crippen molar-refractivity contribution in [2.24, 2.45) is 4.99 Å². The van der Waals surface area contributed by atoms with Crippen LogP contribution in [0.2, 0.25) is 0 Å². The first-order chi connectivity index (χ1) is 13.7. The molecule has 3 aliphatic rings. The number of fused-ring (bicyclic) bond motifs is 1. The molecule has 1 unspecified atom stereocenters. The quantitative estimate of drug-likeness (QED) is 0.480. The smallest absolute Gasteiger partial charge is 0.223 e. The molecule has 6 heteroatoms. The molecule has 3 aliphatic heterocycles. The van der Waals surface area contributed by atoms with Gasteiger partial charge in [0, 0.05) is 52.2 Å². The minimum atomic E-state index is 0.253. The number of nitrogens with one attached hydrogen (secondary N) is 1. The van der Waals surface area contributed by atoms with Gasteiger partial charge in [0.2, 0.25) is 5.91 Å². The van der Waals surface area contributed by atoms with Crippen molar-refractivity contribution < 1.29 is 4.79 Å². The minimum Gasteiger partial charge on any atom is -0.356 e. The highest BCUT2D eigenvalue weighted by atomic mass is 16.2. The molecule has 1 N–H and O–H groups in total. The second-order valence-corrected chi connectivity index (χ2v) is 8.23. The van der Waals surface area contributed by atoms with Crippen molar-refractivity contribution in [1.82, 2.24) is 20.0 Å². The number of amides is 1. The van der Waals surface area contributed by atoms with Crippen LogP contribution in [-0.4, -0.2) is 72.4 Å². The van der Waals surface area contributed by atoms with Gasteiger partial charge in [-0.2, -0.15) is 0 Å². The molecule has 2 saturated heterocycles. The molecular weight excluding hydrogens is 350 g/mol. The Labute approximate surface area is 168 Å². The molecule has 0 radical (unpaired) electrons. The summed E-state index contributed by atoms with van der Waals surface area (Å²) >= 11 is 0. The molecule has 1 amide bonds. The maximum Gasteiger partial charge on any atom is 0.223 e. The number of hydrogen-bond donors (Lipinski definition) is 1. The maximum atomic E-state index is 12.5. The summed E-state index contributed by atoms with van der Waals surface area (Å²) in [6.07, 6.45) is 5.36. The second kappa shape index (κ2) is 8.95. The zero-order chi connectivity index (χ0) is 19.3. The molecule has 0 aliphatic carbocycles. The Kier molecular flexibility index (Phi) is 6.15. The highest BCUT2D eigenvalue weighted by Gasteiger charge is 2.30. The number of benzene rings is 1. The van der Waals surface area contributed by atoms with Gasteiger partial charge in [0.05, 0.1) is 0 Å². The van der Waals surface area contributed by atoms with Crippen LogP contribution in [0.3, 0.4) is 0 Å². The number of carbonyl (C=O) groups excluding carboxylic acids is 1. The number of nitrogens with zero attached hydrogens (tertiary/aromatic N) is 4. The van der Waals surface area contributed by atoms with Crippen molar-refractivity contribution in [2.75, 3.05) is 39.8 Å². The Hall–Kier alpha value is -2.08. The van der Waals surface area contributed by atoms with Crippen molar-refractivity contribution in [3.05, 3.63) is 35.4 Å². The topological polar surface area (TPSA) is 51.2 Å². The molecule has 0 saturated carbocycles. The van der Waals surface area contributed by atoms with Crippen molar-refractivity contribution in [3.8, 4) is 0 Å². The standard InChI is InChI=1S/C22H33N5O/c1-23-22(26-14-10-20(17-26)25-12-4-5-13-25)24-11-6-9-21(28)27-15-18-7-2-3-8-19(18)16-27/h2-3,7-8,20H,4-6,9-17H2,1H3,(H,23,24). The summed E-state index contributed by atoms with van der Waals surface area (Å²) < 4.78 is 0.